The molecule has 15 heavy (non-hydrogen) atoms. The minimum absolute atomic E-state index is 0.136. The quantitative estimate of drug-likeness (QED) is 0.725. The van der Waals surface area contributed by atoms with Gasteiger partial charge < -0.3 is 9.47 Å². The molecule has 0 spiro atoms. The number of para-hydroxylation sites is 1. The van der Waals surface area contributed by atoms with E-state index in [2.05, 4.69) is 10.2 Å². The van der Waals surface area contributed by atoms with Gasteiger partial charge in [0, 0.05) is 0 Å². The smallest absolute Gasteiger partial charge is 0.161 e. The highest BCUT2D eigenvalue weighted by atomic mass is 28.1. The molecule has 0 unspecified atom stereocenters. The third-order valence-corrected chi connectivity index (χ3v) is 2.09. The molecule has 0 aromatic heterocycles. The van der Waals surface area contributed by atoms with E-state index in [0.717, 1.165) is 16.7 Å². The number of ether oxygens (including phenoxy) is 2. The Bertz CT molecular complexity index is 321. The van der Waals surface area contributed by atoms with Crippen LogP contribution in [0.3, 0.4) is 0 Å². The van der Waals surface area contributed by atoms with Gasteiger partial charge in [-0.15, -0.1) is 0 Å². The van der Waals surface area contributed by atoms with Crippen molar-refractivity contribution in [2.75, 3.05) is 0 Å². The standard InChI is InChI=1S/C12H17O2Si/c1-8(2)13-10-6-5-7-11(15)12(10)14-9(3)4/h5-9H,1-4H3. The molecular weight excluding hydrogens is 204 g/mol. The van der Waals surface area contributed by atoms with Gasteiger partial charge in [-0.3, -0.25) is 0 Å². The van der Waals surface area contributed by atoms with Gasteiger partial charge in [0.2, 0.25) is 0 Å². The van der Waals surface area contributed by atoms with Gasteiger partial charge in [-0.2, -0.15) is 0 Å². The van der Waals surface area contributed by atoms with Crippen LogP contribution in [0.1, 0.15) is 27.7 Å². The van der Waals surface area contributed by atoms with E-state index in [1.165, 1.54) is 0 Å². The highest BCUT2D eigenvalue weighted by Crippen LogP contribution is 2.26. The zero-order chi connectivity index (χ0) is 11.4. The van der Waals surface area contributed by atoms with Gasteiger partial charge in [0.1, 0.15) is 0 Å². The molecule has 0 aliphatic heterocycles. The summed E-state index contributed by atoms with van der Waals surface area (Å²) in [7, 11) is 3.51. The van der Waals surface area contributed by atoms with Crippen molar-refractivity contribution in [1.82, 2.24) is 0 Å². The molecular formula is C12H17O2Si. The van der Waals surface area contributed by atoms with Crippen LogP contribution in [-0.4, -0.2) is 22.5 Å². The summed E-state index contributed by atoms with van der Waals surface area (Å²) in [6, 6.07) is 5.80. The molecule has 2 nitrogen and oxygen atoms in total. The van der Waals surface area contributed by atoms with Gasteiger partial charge in [0.25, 0.3) is 0 Å². The van der Waals surface area contributed by atoms with Crippen molar-refractivity contribution in [2.24, 2.45) is 0 Å². The fourth-order valence-electron chi connectivity index (χ4n) is 1.22. The second-order valence-corrected chi connectivity index (χ2v) is 4.50. The van der Waals surface area contributed by atoms with Gasteiger partial charge in [-0.05, 0) is 38.9 Å². The van der Waals surface area contributed by atoms with E-state index >= 15 is 0 Å². The molecule has 0 amide bonds. The number of hydrogen-bond acceptors (Lipinski definition) is 2. The molecule has 0 aliphatic rings. The third-order valence-electron chi connectivity index (χ3n) is 1.70. The van der Waals surface area contributed by atoms with Crippen molar-refractivity contribution in [3.63, 3.8) is 0 Å². The van der Waals surface area contributed by atoms with E-state index in [0.29, 0.717) is 0 Å². The van der Waals surface area contributed by atoms with Crippen LogP contribution in [0.2, 0.25) is 0 Å². The molecule has 0 atom stereocenters. The van der Waals surface area contributed by atoms with E-state index in [1.807, 2.05) is 45.9 Å². The van der Waals surface area contributed by atoms with Crippen LogP contribution in [0.15, 0.2) is 18.2 Å². The monoisotopic (exact) mass is 221 g/mol. The number of benzene rings is 1. The van der Waals surface area contributed by atoms with Crippen LogP contribution < -0.4 is 14.7 Å². The Morgan fingerprint density at radius 2 is 1.60 bits per heavy atom. The van der Waals surface area contributed by atoms with Crippen molar-refractivity contribution < 1.29 is 9.47 Å². The Morgan fingerprint density at radius 1 is 1.00 bits per heavy atom. The fourth-order valence-corrected chi connectivity index (χ4v) is 1.50. The zero-order valence-corrected chi connectivity index (χ0v) is 10.7. The maximum absolute atomic E-state index is 5.70. The highest BCUT2D eigenvalue weighted by molar-refractivity contribution is 6.34. The Balaban J connectivity index is 2.97. The van der Waals surface area contributed by atoms with Crippen LogP contribution in [0.25, 0.3) is 0 Å². The van der Waals surface area contributed by atoms with Crippen molar-refractivity contribution in [3.05, 3.63) is 18.2 Å². The molecule has 0 aliphatic carbocycles. The fraction of sp³-hybridized carbons (Fsp3) is 0.500. The number of hydrogen-bond donors (Lipinski definition) is 0. The summed E-state index contributed by atoms with van der Waals surface area (Å²) in [4.78, 5) is 0. The highest BCUT2D eigenvalue weighted by Gasteiger charge is 2.10. The molecule has 0 saturated carbocycles. The van der Waals surface area contributed by atoms with Crippen LogP contribution in [0.4, 0.5) is 0 Å². The zero-order valence-electron chi connectivity index (χ0n) is 9.70. The summed E-state index contributed by atoms with van der Waals surface area (Å²) in [5, 5.41) is 0.918. The lowest BCUT2D eigenvalue weighted by molar-refractivity contribution is 0.200. The van der Waals surface area contributed by atoms with Crippen LogP contribution >= 0.6 is 0 Å². The summed E-state index contributed by atoms with van der Waals surface area (Å²) >= 11 is 0. The molecule has 0 saturated heterocycles. The Morgan fingerprint density at radius 3 is 2.13 bits per heavy atom. The summed E-state index contributed by atoms with van der Waals surface area (Å²) in [6.07, 6.45) is 0.282. The van der Waals surface area contributed by atoms with Crippen molar-refractivity contribution in [1.29, 1.82) is 0 Å². The lowest BCUT2D eigenvalue weighted by Crippen LogP contribution is -2.17. The Hall–Kier alpha value is -0.963. The average molecular weight is 221 g/mol. The van der Waals surface area contributed by atoms with E-state index in [-0.39, 0.29) is 12.2 Å². The van der Waals surface area contributed by atoms with E-state index in [1.54, 1.807) is 0 Å². The molecule has 3 heteroatoms. The molecule has 3 radical (unpaired) electrons. The van der Waals surface area contributed by atoms with Crippen molar-refractivity contribution >= 4 is 15.4 Å². The molecule has 1 aromatic carbocycles. The predicted molar refractivity (Wildman–Crippen MR) is 63.4 cm³/mol. The normalized spacial score (nSPS) is 10.9. The first-order valence-electron chi connectivity index (χ1n) is 5.18. The molecule has 81 valence electrons. The topological polar surface area (TPSA) is 18.5 Å². The van der Waals surface area contributed by atoms with E-state index in [4.69, 9.17) is 9.47 Å². The predicted octanol–water partition coefficient (Wildman–Crippen LogP) is 2.05. The Kier molecular flexibility index (Phi) is 4.21. The molecule has 0 fully saturated rings. The molecule has 0 heterocycles. The Labute approximate surface area is 95.0 Å². The third kappa shape index (κ3) is 3.59. The van der Waals surface area contributed by atoms with Gasteiger partial charge in [-0.25, -0.2) is 0 Å². The minimum Gasteiger partial charge on any atom is -0.487 e. The first-order chi connectivity index (χ1) is 7.00. The lowest BCUT2D eigenvalue weighted by Gasteiger charge is -2.18. The van der Waals surface area contributed by atoms with Crippen molar-refractivity contribution in [3.8, 4) is 11.5 Å². The second kappa shape index (κ2) is 5.21. The summed E-state index contributed by atoms with van der Waals surface area (Å²) < 4.78 is 11.4. The minimum atomic E-state index is 0.136. The second-order valence-electron chi connectivity index (χ2n) is 3.97. The summed E-state index contributed by atoms with van der Waals surface area (Å²) in [6.45, 7) is 7.99. The molecule has 0 bridgehead atoms. The summed E-state index contributed by atoms with van der Waals surface area (Å²) in [5.74, 6) is 1.56. The lowest BCUT2D eigenvalue weighted by atomic mass is 10.3. The van der Waals surface area contributed by atoms with E-state index < -0.39 is 0 Å². The number of rotatable bonds is 4. The van der Waals surface area contributed by atoms with Crippen LogP contribution in [0.5, 0.6) is 11.5 Å². The van der Waals surface area contributed by atoms with Gasteiger partial charge in [0.05, 0.1) is 22.5 Å². The maximum Gasteiger partial charge on any atom is 0.161 e. The van der Waals surface area contributed by atoms with Gasteiger partial charge >= 0.3 is 0 Å². The SMILES string of the molecule is CC(C)Oc1cccc([Si])c1OC(C)C. The summed E-state index contributed by atoms with van der Waals surface area (Å²) in [5.41, 5.74) is 0. The first kappa shape index (κ1) is 12.1. The van der Waals surface area contributed by atoms with Crippen LogP contribution in [0, 0.1) is 0 Å². The van der Waals surface area contributed by atoms with Crippen LogP contribution in [-0.2, 0) is 0 Å². The van der Waals surface area contributed by atoms with Crippen molar-refractivity contribution in [2.45, 2.75) is 39.9 Å². The molecule has 1 aromatic rings. The van der Waals surface area contributed by atoms with E-state index in [9.17, 15) is 0 Å². The molecule has 1 rings (SSSR count). The molecule has 0 N–H and O–H groups in total. The average Bonchev–Trinajstić information content (AvgIpc) is 2.09. The van der Waals surface area contributed by atoms with Gasteiger partial charge in [0.15, 0.2) is 11.5 Å². The first-order valence-corrected chi connectivity index (χ1v) is 5.68. The largest absolute Gasteiger partial charge is 0.487 e. The maximum atomic E-state index is 5.70. The van der Waals surface area contributed by atoms with Gasteiger partial charge in [-0.1, -0.05) is 12.1 Å².